The van der Waals surface area contributed by atoms with Gasteiger partial charge in [0.1, 0.15) is 12.2 Å². The molecule has 8 aliphatic rings. The molecule has 4 unspecified atom stereocenters. The number of allylic oxidation sites excluding steroid dienone is 1. The molecule has 0 spiro atoms. The summed E-state index contributed by atoms with van der Waals surface area (Å²) < 4.78 is 7.96. The minimum absolute atomic E-state index is 0.000705. The van der Waals surface area contributed by atoms with Crippen LogP contribution in [0.1, 0.15) is 51.5 Å². The number of piperidine rings is 2. The summed E-state index contributed by atoms with van der Waals surface area (Å²) in [6, 6.07) is 6.80. The number of hydrogen-bond donors (Lipinski definition) is 6. The fraction of sp³-hybridized carbons (Fsp3) is 0.545. The summed E-state index contributed by atoms with van der Waals surface area (Å²) in [5.74, 6) is 1.29. The molecule has 6 fully saturated rings. The topological polar surface area (TPSA) is 202 Å². The zero-order valence-electron chi connectivity index (χ0n) is 34.1. The molecule has 3 aromatic rings. The number of anilines is 2. The van der Waals surface area contributed by atoms with Crippen molar-refractivity contribution in [1.82, 2.24) is 34.6 Å². The number of cyclic esters (lactones) is 1. The Kier molecular flexibility index (Phi) is 9.80. The molecule has 11 rings (SSSR count). The molecule has 7 atom stereocenters. The Balaban J connectivity index is 0.858. The summed E-state index contributed by atoms with van der Waals surface area (Å²) in [5, 5.41) is 31.6. The van der Waals surface area contributed by atoms with Crippen LogP contribution in [0.4, 0.5) is 17.6 Å². The molecule has 60 heavy (non-hydrogen) atoms. The van der Waals surface area contributed by atoms with Crippen molar-refractivity contribution in [2.75, 3.05) is 50.1 Å². The van der Waals surface area contributed by atoms with Crippen LogP contribution in [0.3, 0.4) is 0 Å². The summed E-state index contributed by atoms with van der Waals surface area (Å²) in [5.41, 5.74) is 1.79. The Morgan fingerprint density at radius 2 is 1.82 bits per heavy atom. The number of aromatic nitrogens is 4. The third kappa shape index (κ3) is 6.96. The van der Waals surface area contributed by atoms with Gasteiger partial charge in [-0.3, -0.25) is 19.4 Å². The molecule has 1 aromatic carbocycles. The minimum atomic E-state index is -0.727. The van der Waals surface area contributed by atoms with Gasteiger partial charge in [0.2, 0.25) is 23.7 Å². The van der Waals surface area contributed by atoms with E-state index in [4.69, 9.17) is 9.73 Å². The summed E-state index contributed by atoms with van der Waals surface area (Å²) in [7, 11) is 0. The maximum absolute atomic E-state index is 13.8. The lowest BCUT2D eigenvalue weighted by molar-refractivity contribution is -0.156. The number of amides is 2. The van der Waals surface area contributed by atoms with Crippen LogP contribution in [0.25, 0.3) is 6.08 Å². The highest BCUT2D eigenvalue weighted by atomic mass is 16.5. The number of nitrogens with zero attached hydrogens (tertiary/aromatic N) is 6. The first-order chi connectivity index (χ1) is 28.9. The number of carbonyl (C=O) groups is 3. The molecule has 2 aliphatic carbocycles. The number of rotatable bonds is 11. The van der Waals surface area contributed by atoms with Crippen LogP contribution in [0, 0.1) is 40.4 Å². The van der Waals surface area contributed by atoms with Gasteiger partial charge in [-0.25, -0.2) is 19.8 Å². The molecule has 2 amide bonds. The van der Waals surface area contributed by atoms with Gasteiger partial charge < -0.3 is 40.5 Å². The smallest absolute Gasteiger partial charge is 0.341 e. The highest BCUT2D eigenvalue weighted by Crippen LogP contribution is 2.62. The number of aliphatic hydroxyl groups excluding tert-OH is 2. The molecule has 2 aromatic heterocycles. The number of hydrogen-bond acceptors (Lipinski definition) is 12. The van der Waals surface area contributed by atoms with Crippen molar-refractivity contribution >= 4 is 47.2 Å². The van der Waals surface area contributed by atoms with Crippen LogP contribution in [-0.4, -0.2) is 121 Å². The third-order valence-corrected chi connectivity index (χ3v) is 15.1. The average Bonchev–Trinajstić information content (AvgIpc) is 3.99. The van der Waals surface area contributed by atoms with Crippen LogP contribution in [0.5, 0.6) is 0 Å². The Bertz CT molecular complexity index is 2220. The number of fused-ring (bicyclic) bond motifs is 3. The number of esters is 1. The SMILES string of the molecule is C[C@]12CC[C@@H](O)[C@@](C)(CO)C1CC1=Nc3nccn3CC1C2CC(Nc1ncc[nH]1)C1=C/C(=C\c2ccc(NC(=O)CC(=O)NC3C4CN5CC3CN(C4)C5)cc2)OC1=O. The van der Waals surface area contributed by atoms with E-state index >= 15 is 0 Å². The van der Waals surface area contributed by atoms with E-state index in [2.05, 4.69) is 52.2 Å². The van der Waals surface area contributed by atoms with E-state index in [1.165, 1.54) is 0 Å². The maximum atomic E-state index is 13.8. The van der Waals surface area contributed by atoms with Crippen molar-refractivity contribution in [2.24, 2.45) is 45.4 Å². The fourth-order valence-corrected chi connectivity index (χ4v) is 12.2. The number of ether oxygens (including phenoxy) is 1. The van der Waals surface area contributed by atoms with Crippen LogP contribution in [0.2, 0.25) is 0 Å². The molecule has 8 heterocycles. The molecular weight excluding hydrogens is 765 g/mol. The van der Waals surface area contributed by atoms with E-state index in [1.54, 1.807) is 42.9 Å². The van der Waals surface area contributed by atoms with Gasteiger partial charge in [0, 0.05) is 98.1 Å². The van der Waals surface area contributed by atoms with Gasteiger partial charge in [-0.05, 0) is 72.8 Å². The predicted octanol–water partition coefficient (Wildman–Crippen LogP) is 3.15. The fourth-order valence-electron chi connectivity index (χ4n) is 12.2. The Hall–Kier alpha value is -5.16. The van der Waals surface area contributed by atoms with Gasteiger partial charge in [-0.1, -0.05) is 26.0 Å². The molecule has 4 saturated heterocycles. The van der Waals surface area contributed by atoms with Crippen molar-refractivity contribution in [3.05, 3.63) is 72.0 Å². The molecule has 2 saturated carbocycles. The van der Waals surface area contributed by atoms with Gasteiger partial charge in [-0.2, -0.15) is 0 Å². The summed E-state index contributed by atoms with van der Waals surface area (Å²) in [6.07, 6.45) is 12.3. The zero-order valence-corrected chi connectivity index (χ0v) is 34.1. The highest BCUT2D eigenvalue weighted by Gasteiger charge is 2.61. The van der Waals surface area contributed by atoms with Crippen molar-refractivity contribution in [2.45, 2.75) is 70.7 Å². The van der Waals surface area contributed by atoms with Crippen LogP contribution in [-0.2, 0) is 25.7 Å². The second-order valence-electron chi connectivity index (χ2n) is 18.8. The number of aromatic amines is 1. The van der Waals surface area contributed by atoms with E-state index in [0.717, 1.165) is 50.5 Å². The molecule has 316 valence electrons. The summed E-state index contributed by atoms with van der Waals surface area (Å²) in [6.45, 7) is 9.84. The van der Waals surface area contributed by atoms with Gasteiger partial charge in [-0.15, -0.1) is 0 Å². The van der Waals surface area contributed by atoms with Crippen LogP contribution >= 0.6 is 0 Å². The highest BCUT2D eigenvalue weighted by molar-refractivity contribution is 6.03. The molecule has 16 heteroatoms. The van der Waals surface area contributed by atoms with Crippen LogP contribution < -0.4 is 16.0 Å². The normalized spacial score (nSPS) is 36.0. The average molecular weight is 819 g/mol. The number of H-pyrrole nitrogens is 1. The second kappa shape index (κ2) is 15.1. The summed E-state index contributed by atoms with van der Waals surface area (Å²) >= 11 is 0. The zero-order chi connectivity index (χ0) is 41.3. The van der Waals surface area contributed by atoms with Crippen molar-refractivity contribution in [3.8, 4) is 0 Å². The number of aliphatic imine (C=N–C) groups is 1. The van der Waals surface area contributed by atoms with E-state index in [9.17, 15) is 24.6 Å². The van der Waals surface area contributed by atoms with Gasteiger partial charge >= 0.3 is 5.97 Å². The van der Waals surface area contributed by atoms with E-state index in [-0.39, 0.29) is 54.1 Å². The first-order valence-electron chi connectivity index (χ1n) is 21.4. The molecule has 16 nitrogen and oxygen atoms in total. The molecule has 0 radical (unpaired) electrons. The number of imidazole rings is 2. The first kappa shape index (κ1) is 39.0. The van der Waals surface area contributed by atoms with E-state index < -0.39 is 23.5 Å². The molecule has 4 bridgehead atoms. The lowest BCUT2D eigenvalue weighted by Crippen LogP contribution is -2.71. The number of nitrogens with one attached hydrogen (secondary N) is 4. The minimum Gasteiger partial charge on any atom is -0.423 e. The van der Waals surface area contributed by atoms with Gasteiger partial charge in [0.15, 0.2) is 0 Å². The van der Waals surface area contributed by atoms with E-state index in [0.29, 0.717) is 66.6 Å². The van der Waals surface area contributed by atoms with Crippen molar-refractivity contribution < 1.29 is 29.3 Å². The third-order valence-electron chi connectivity index (χ3n) is 15.1. The Labute approximate surface area is 348 Å². The predicted molar refractivity (Wildman–Crippen MR) is 222 cm³/mol. The van der Waals surface area contributed by atoms with Crippen molar-refractivity contribution in [1.29, 1.82) is 0 Å². The van der Waals surface area contributed by atoms with Gasteiger partial charge in [0.25, 0.3) is 0 Å². The van der Waals surface area contributed by atoms with E-state index in [1.807, 2.05) is 25.3 Å². The first-order valence-corrected chi connectivity index (χ1v) is 21.4. The lowest BCUT2D eigenvalue weighted by Gasteiger charge is -2.62. The Morgan fingerprint density at radius 3 is 2.53 bits per heavy atom. The lowest BCUT2D eigenvalue weighted by atomic mass is 9.44. The molecule has 6 aliphatic heterocycles. The molecule has 6 N–H and O–H groups in total. The van der Waals surface area contributed by atoms with Gasteiger partial charge in [0.05, 0.1) is 31.0 Å². The number of carbonyl (C=O) groups excluding carboxylic acids is 3. The van der Waals surface area contributed by atoms with Crippen molar-refractivity contribution in [3.63, 3.8) is 0 Å². The molecular formula is C44H54N10O6. The number of benzene rings is 1. The monoisotopic (exact) mass is 818 g/mol. The second-order valence-corrected chi connectivity index (χ2v) is 18.8. The maximum Gasteiger partial charge on any atom is 0.341 e. The van der Waals surface area contributed by atoms with Crippen LogP contribution in [0.15, 0.2) is 71.5 Å². The standard InChI is InChI=1S/C44H54N10O6/c1-43-8-7-36(56)44(2,23-55)35(43)16-34-31(22-54-12-11-47-42(54)50-34)32(43)15-33(49-41-45-9-10-46-41)30-14-29(60-40(30)59)13-25-3-5-28(6-4-25)48-37(57)17-38(58)51-39-26-18-52-20-27(39)21-53(19-26)24-52/h3-6,9-14,26-27,31-33,35-36,39,55-56H,7-8,15-24H2,1-2H3,(H,48,57)(H,51,58)(H2,45,46,49)/b29-13+/t26?,27?,31?,32?,33?,35?,36-,39?,43-,44+/m1/s1. The summed E-state index contributed by atoms with van der Waals surface area (Å²) in [4.78, 5) is 61.7. The number of aliphatic hydroxyl groups is 2. The Morgan fingerprint density at radius 1 is 1.05 bits per heavy atom. The quantitative estimate of drug-likeness (QED) is 0.123. The largest absolute Gasteiger partial charge is 0.423 e.